The molecule has 0 saturated heterocycles. The molecule has 0 aromatic carbocycles. The molecule has 0 fully saturated rings. The van der Waals surface area contributed by atoms with Gasteiger partial charge in [-0.1, -0.05) is 0 Å². The first-order valence-corrected chi connectivity index (χ1v) is 4.84. The van der Waals surface area contributed by atoms with Gasteiger partial charge in [-0.15, -0.1) is 11.3 Å². The molecule has 0 aliphatic carbocycles. The van der Waals surface area contributed by atoms with Crippen molar-refractivity contribution >= 4 is 22.9 Å². The Kier molecular flexibility index (Phi) is 3.25. The van der Waals surface area contributed by atoms with Crippen molar-refractivity contribution in [3.05, 3.63) is 28.0 Å². The minimum absolute atomic E-state index is 0.301. The van der Waals surface area contributed by atoms with Crippen LogP contribution in [0.15, 0.2) is 17.5 Å². The van der Waals surface area contributed by atoms with Gasteiger partial charge >= 0.3 is 5.97 Å². The topological polar surface area (TPSA) is 26.3 Å². The molecule has 0 aliphatic heterocycles. The number of aryl methyl sites for hydroxylation is 1. The Labute approximate surface area is 81.8 Å². The van der Waals surface area contributed by atoms with Crippen molar-refractivity contribution in [3.8, 4) is 0 Å². The number of thiophene rings is 1. The van der Waals surface area contributed by atoms with Gasteiger partial charge in [-0.25, -0.2) is 4.79 Å². The number of carbonyl (C=O) groups excluding carboxylic acids is 1. The maximum Gasteiger partial charge on any atom is 0.330 e. The summed E-state index contributed by atoms with van der Waals surface area (Å²) in [6.45, 7) is 3.94. The van der Waals surface area contributed by atoms with E-state index in [1.54, 1.807) is 11.3 Å². The highest BCUT2D eigenvalue weighted by molar-refractivity contribution is 7.11. The number of hydrogen-bond donors (Lipinski definition) is 0. The second-order valence-electron chi connectivity index (χ2n) is 2.78. The highest BCUT2D eigenvalue weighted by atomic mass is 32.1. The predicted octanol–water partition coefficient (Wildman–Crippen LogP) is 2.63. The number of ether oxygens (including phenoxy) is 1. The SMILES string of the molecule is COC(=O)/C=C(/C)c1sccc1C. The van der Waals surface area contributed by atoms with Crippen LogP contribution in [0, 0.1) is 6.92 Å². The summed E-state index contributed by atoms with van der Waals surface area (Å²) in [4.78, 5) is 12.1. The lowest BCUT2D eigenvalue weighted by Crippen LogP contribution is -1.95. The predicted molar refractivity (Wildman–Crippen MR) is 54.7 cm³/mol. The largest absolute Gasteiger partial charge is 0.466 e. The Balaban J connectivity index is 2.91. The molecule has 0 radical (unpaired) electrons. The van der Waals surface area contributed by atoms with E-state index in [-0.39, 0.29) is 5.97 Å². The van der Waals surface area contributed by atoms with Gasteiger partial charge in [0.05, 0.1) is 7.11 Å². The fraction of sp³-hybridized carbons (Fsp3) is 0.300. The molecular formula is C10H12O2S. The molecule has 1 heterocycles. The van der Waals surface area contributed by atoms with Crippen LogP contribution in [0.5, 0.6) is 0 Å². The minimum atomic E-state index is -0.301. The molecular weight excluding hydrogens is 184 g/mol. The van der Waals surface area contributed by atoms with E-state index in [1.807, 2.05) is 25.3 Å². The Bertz CT molecular complexity index is 336. The van der Waals surface area contributed by atoms with Crippen LogP contribution in [0.25, 0.3) is 5.57 Å². The second-order valence-corrected chi connectivity index (χ2v) is 3.70. The van der Waals surface area contributed by atoms with Gasteiger partial charge < -0.3 is 4.74 Å². The van der Waals surface area contributed by atoms with E-state index >= 15 is 0 Å². The van der Waals surface area contributed by atoms with Crippen LogP contribution in [0.4, 0.5) is 0 Å². The molecule has 1 aromatic rings. The number of esters is 1. The van der Waals surface area contributed by atoms with Crippen molar-refractivity contribution in [1.82, 2.24) is 0 Å². The van der Waals surface area contributed by atoms with Gasteiger partial charge in [-0.3, -0.25) is 0 Å². The summed E-state index contributed by atoms with van der Waals surface area (Å²) in [7, 11) is 1.38. The lowest BCUT2D eigenvalue weighted by atomic mass is 10.1. The highest BCUT2D eigenvalue weighted by Crippen LogP contribution is 2.24. The van der Waals surface area contributed by atoms with Crippen LogP contribution in [-0.2, 0) is 9.53 Å². The Morgan fingerprint density at radius 2 is 2.31 bits per heavy atom. The molecule has 0 unspecified atom stereocenters. The van der Waals surface area contributed by atoms with Crippen LogP contribution >= 0.6 is 11.3 Å². The summed E-state index contributed by atoms with van der Waals surface area (Å²) in [5, 5.41) is 2.01. The van der Waals surface area contributed by atoms with Crippen molar-refractivity contribution in [2.45, 2.75) is 13.8 Å². The van der Waals surface area contributed by atoms with Crippen LogP contribution in [0.3, 0.4) is 0 Å². The van der Waals surface area contributed by atoms with Crippen LogP contribution < -0.4 is 0 Å². The summed E-state index contributed by atoms with van der Waals surface area (Å²) in [6, 6.07) is 2.04. The zero-order chi connectivity index (χ0) is 9.84. The minimum Gasteiger partial charge on any atom is -0.466 e. The molecule has 1 aromatic heterocycles. The van der Waals surface area contributed by atoms with E-state index in [0.29, 0.717) is 0 Å². The number of allylic oxidation sites excluding steroid dienone is 1. The van der Waals surface area contributed by atoms with Gasteiger partial charge in [-0.2, -0.15) is 0 Å². The zero-order valence-corrected chi connectivity index (χ0v) is 8.77. The summed E-state index contributed by atoms with van der Waals surface area (Å²) in [5.41, 5.74) is 2.15. The number of hydrogen-bond acceptors (Lipinski definition) is 3. The maximum atomic E-state index is 10.9. The van der Waals surface area contributed by atoms with E-state index in [9.17, 15) is 4.79 Å². The van der Waals surface area contributed by atoms with Crippen molar-refractivity contribution in [1.29, 1.82) is 0 Å². The monoisotopic (exact) mass is 196 g/mol. The first-order chi connectivity index (χ1) is 6.15. The van der Waals surface area contributed by atoms with Crippen molar-refractivity contribution < 1.29 is 9.53 Å². The smallest absolute Gasteiger partial charge is 0.330 e. The molecule has 70 valence electrons. The molecule has 0 amide bonds. The third kappa shape index (κ3) is 2.42. The van der Waals surface area contributed by atoms with Crippen LogP contribution in [0.2, 0.25) is 0 Å². The van der Waals surface area contributed by atoms with Crippen LogP contribution in [0.1, 0.15) is 17.4 Å². The van der Waals surface area contributed by atoms with Gasteiger partial charge in [0.1, 0.15) is 0 Å². The van der Waals surface area contributed by atoms with E-state index < -0.39 is 0 Å². The maximum absolute atomic E-state index is 10.9. The molecule has 0 spiro atoms. The quantitative estimate of drug-likeness (QED) is 0.537. The Morgan fingerprint density at radius 3 is 2.77 bits per heavy atom. The molecule has 0 bridgehead atoms. The van der Waals surface area contributed by atoms with Crippen molar-refractivity contribution in [3.63, 3.8) is 0 Å². The summed E-state index contributed by atoms with van der Waals surface area (Å²) < 4.78 is 4.55. The average Bonchev–Trinajstić information content (AvgIpc) is 2.51. The fourth-order valence-electron chi connectivity index (χ4n) is 1.08. The molecule has 2 nitrogen and oxygen atoms in total. The lowest BCUT2D eigenvalue weighted by Gasteiger charge is -1.98. The Hall–Kier alpha value is -1.09. The third-order valence-electron chi connectivity index (χ3n) is 1.76. The van der Waals surface area contributed by atoms with Gasteiger partial charge in [0, 0.05) is 11.0 Å². The van der Waals surface area contributed by atoms with E-state index in [4.69, 9.17) is 0 Å². The van der Waals surface area contributed by atoms with Gasteiger partial charge in [-0.05, 0) is 36.4 Å². The molecule has 3 heteroatoms. The molecule has 1 rings (SSSR count). The normalized spacial score (nSPS) is 11.5. The average molecular weight is 196 g/mol. The summed E-state index contributed by atoms with van der Waals surface area (Å²) >= 11 is 1.63. The zero-order valence-electron chi connectivity index (χ0n) is 7.96. The summed E-state index contributed by atoms with van der Waals surface area (Å²) in [5.74, 6) is -0.301. The van der Waals surface area contributed by atoms with E-state index in [0.717, 1.165) is 10.5 Å². The molecule has 0 N–H and O–H groups in total. The van der Waals surface area contributed by atoms with Gasteiger partial charge in [0.2, 0.25) is 0 Å². The van der Waals surface area contributed by atoms with E-state index in [1.165, 1.54) is 18.7 Å². The van der Waals surface area contributed by atoms with Crippen molar-refractivity contribution in [2.75, 3.05) is 7.11 Å². The lowest BCUT2D eigenvalue weighted by molar-refractivity contribution is -0.134. The fourth-order valence-corrected chi connectivity index (χ4v) is 1.98. The number of carbonyl (C=O) groups is 1. The third-order valence-corrected chi connectivity index (χ3v) is 2.91. The van der Waals surface area contributed by atoms with Crippen molar-refractivity contribution in [2.24, 2.45) is 0 Å². The van der Waals surface area contributed by atoms with Gasteiger partial charge in [0.15, 0.2) is 0 Å². The van der Waals surface area contributed by atoms with Gasteiger partial charge in [0.25, 0.3) is 0 Å². The highest BCUT2D eigenvalue weighted by Gasteiger charge is 2.03. The first-order valence-electron chi connectivity index (χ1n) is 3.96. The molecule has 13 heavy (non-hydrogen) atoms. The van der Waals surface area contributed by atoms with E-state index in [2.05, 4.69) is 4.74 Å². The molecule has 0 saturated carbocycles. The molecule has 0 aliphatic rings. The summed E-state index contributed by atoms with van der Waals surface area (Å²) in [6.07, 6.45) is 1.51. The standard InChI is InChI=1S/C10H12O2S/c1-7-4-5-13-10(7)8(2)6-9(11)12-3/h4-6H,1-3H3/b8-6-. The first kappa shape index (κ1) is 9.99. The second kappa shape index (κ2) is 4.23. The Morgan fingerprint density at radius 1 is 1.62 bits per heavy atom. The number of rotatable bonds is 2. The van der Waals surface area contributed by atoms with Crippen LogP contribution in [-0.4, -0.2) is 13.1 Å². The molecule has 0 atom stereocenters. The number of methoxy groups -OCH3 is 1.